The minimum atomic E-state index is -3.88. The number of pyridine rings is 1. The van der Waals surface area contributed by atoms with Crippen molar-refractivity contribution in [1.29, 1.82) is 0 Å². The molecule has 1 aliphatic heterocycles. The average molecular weight is 663 g/mol. The third kappa shape index (κ3) is 7.36. The standard InChI is InChI=1S/C31H35ClN10O3S/c1-21-16-23(17-33-31(21)46(32,44)45)4-3-10-42-11-9-25-28(34-20-35-29(25)42)38-26-18-36-39-27(26)30(43)37-24-7-5-22(6-8-24)19-41-14-12-40(2)13-15-41/h5-9,11,16-18,20H,3-4,10,12-15,19H2,1-2H3,(H,36,39)(H,37,43)(H,34,35,38). The number of nitrogens with one attached hydrogen (secondary N) is 3. The molecule has 0 unspecified atom stereocenters. The number of likely N-dealkylation sites (N-methyl/N-ethyl adjacent to an activating group) is 1. The van der Waals surface area contributed by atoms with E-state index in [1.807, 2.05) is 41.1 Å². The Hall–Kier alpha value is -4.37. The van der Waals surface area contributed by atoms with Gasteiger partial charge in [-0.25, -0.2) is 23.4 Å². The number of aryl methyl sites for hydroxylation is 3. The molecule has 15 heteroatoms. The molecule has 5 aromatic rings. The Morgan fingerprint density at radius 3 is 2.54 bits per heavy atom. The molecule has 6 rings (SSSR count). The summed E-state index contributed by atoms with van der Waals surface area (Å²) < 4.78 is 25.3. The van der Waals surface area contributed by atoms with Gasteiger partial charge in [0.1, 0.15) is 23.5 Å². The second-order valence-electron chi connectivity index (χ2n) is 11.5. The highest BCUT2D eigenvalue weighted by Crippen LogP contribution is 2.26. The zero-order valence-corrected chi connectivity index (χ0v) is 27.1. The SMILES string of the molecule is Cc1cc(CCCn2ccc3c(Nc4cn[nH]c4C(=O)Nc4ccc(CN5CCN(C)CC5)cc4)ncnc32)cnc1S(=O)(=O)Cl. The molecule has 4 aromatic heterocycles. The number of aromatic amines is 1. The van der Waals surface area contributed by atoms with Crippen molar-refractivity contribution in [2.24, 2.45) is 0 Å². The molecule has 46 heavy (non-hydrogen) atoms. The maximum absolute atomic E-state index is 13.2. The summed E-state index contributed by atoms with van der Waals surface area (Å²) in [5, 5.41) is 13.8. The van der Waals surface area contributed by atoms with Crippen LogP contribution < -0.4 is 10.6 Å². The van der Waals surface area contributed by atoms with E-state index in [-0.39, 0.29) is 16.6 Å². The Kier molecular flexibility index (Phi) is 9.31. The molecule has 0 spiro atoms. The summed E-state index contributed by atoms with van der Waals surface area (Å²) in [5.74, 6) is 0.223. The molecule has 3 N–H and O–H groups in total. The van der Waals surface area contributed by atoms with Gasteiger partial charge in [-0.05, 0) is 61.7 Å². The fourth-order valence-corrected chi connectivity index (χ4v) is 6.69. The van der Waals surface area contributed by atoms with E-state index in [1.165, 1.54) is 11.9 Å². The second kappa shape index (κ2) is 13.5. The van der Waals surface area contributed by atoms with Gasteiger partial charge in [-0.1, -0.05) is 18.2 Å². The smallest absolute Gasteiger partial charge is 0.278 e. The molecule has 0 radical (unpaired) electrons. The predicted octanol–water partition coefficient (Wildman–Crippen LogP) is 4.16. The van der Waals surface area contributed by atoms with Crippen molar-refractivity contribution < 1.29 is 13.2 Å². The molecule has 0 saturated carbocycles. The molecule has 240 valence electrons. The molecule has 1 aromatic carbocycles. The summed E-state index contributed by atoms with van der Waals surface area (Å²) in [5.41, 5.74) is 4.84. The van der Waals surface area contributed by atoms with Crippen molar-refractivity contribution >= 4 is 53.9 Å². The summed E-state index contributed by atoms with van der Waals surface area (Å²) >= 11 is 0. The minimum Gasteiger partial charge on any atom is -0.336 e. The van der Waals surface area contributed by atoms with E-state index in [1.54, 1.807) is 25.4 Å². The number of aromatic nitrogens is 6. The van der Waals surface area contributed by atoms with E-state index in [2.05, 4.69) is 52.6 Å². The van der Waals surface area contributed by atoms with Crippen molar-refractivity contribution in [2.45, 2.75) is 37.9 Å². The highest BCUT2D eigenvalue weighted by Gasteiger charge is 2.19. The van der Waals surface area contributed by atoms with Crippen molar-refractivity contribution in [3.8, 4) is 0 Å². The Labute approximate surface area is 271 Å². The summed E-state index contributed by atoms with van der Waals surface area (Å²) in [6, 6.07) is 11.6. The lowest BCUT2D eigenvalue weighted by Crippen LogP contribution is -2.43. The summed E-state index contributed by atoms with van der Waals surface area (Å²) in [4.78, 5) is 30.9. The molecule has 1 fully saturated rings. The molecular weight excluding hydrogens is 628 g/mol. The average Bonchev–Trinajstić information content (AvgIpc) is 3.66. The van der Waals surface area contributed by atoms with Gasteiger partial charge in [0.2, 0.25) is 0 Å². The normalized spacial score (nSPS) is 14.5. The fourth-order valence-electron chi connectivity index (χ4n) is 5.58. The molecule has 5 heterocycles. The number of halogens is 1. The Bertz CT molecular complexity index is 1950. The number of piperazine rings is 1. The molecular formula is C31H35ClN10O3S. The number of H-pyrrole nitrogens is 1. The van der Waals surface area contributed by atoms with Crippen LogP contribution in [0.15, 0.2) is 66.3 Å². The monoisotopic (exact) mass is 662 g/mol. The first-order valence-electron chi connectivity index (χ1n) is 15.0. The topological polar surface area (TPSA) is 154 Å². The van der Waals surface area contributed by atoms with Crippen molar-refractivity contribution in [3.63, 3.8) is 0 Å². The Balaban J connectivity index is 1.07. The first-order chi connectivity index (χ1) is 22.1. The molecule has 0 atom stereocenters. The van der Waals surface area contributed by atoms with Crippen LogP contribution in [-0.4, -0.2) is 87.1 Å². The lowest BCUT2D eigenvalue weighted by atomic mass is 10.1. The number of nitrogens with zero attached hydrogens (tertiary/aromatic N) is 7. The van der Waals surface area contributed by atoms with Gasteiger partial charge >= 0.3 is 0 Å². The molecule has 1 aliphatic rings. The van der Waals surface area contributed by atoms with E-state index in [0.29, 0.717) is 35.7 Å². The lowest BCUT2D eigenvalue weighted by molar-refractivity contribution is 0.102. The first kappa shape index (κ1) is 31.6. The number of carbonyl (C=O) groups excluding carboxylic acids is 1. The van der Waals surface area contributed by atoms with Gasteiger partial charge in [-0.3, -0.25) is 14.8 Å². The van der Waals surface area contributed by atoms with Gasteiger partial charge in [0, 0.05) is 68.0 Å². The molecule has 0 aliphatic carbocycles. The molecule has 1 saturated heterocycles. The highest BCUT2D eigenvalue weighted by molar-refractivity contribution is 8.13. The van der Waals surface area contributed by atoms with Gasteiger partial charge in [-0.2, -0.15) is 5.10 Å². The van der Waals surface area contributed by atoms with Crippen LogP contribution in [0.4, 0.5) is 17.2 Å². The van der Waals surface area contributed by atoms with E-state index >= 15 is 0 Å². The quantitative estimate of drug-likeness (QED) is 0.176. The minimum absolute atomic E-state index is 0.116. The van der Waals surface area contributed by atoms with E-state index in [0.717, 1.165) is 55.7 Å². The maximum atomic E-state index is 13.2. The maximum Gasteiger partial charge on any atom is 0.278 e. The van der Waals surface area contributed by atoms with Crippen LogP contribution in [0.2, 0.25) is 0 Å². The summed E-state index contributed by atoms with van der Waals surface area (Å²) in [6.45, 7) is 7.48. The van der Waals surface area contributed by atoms with Crippen LogP contribution >= 0.6 is 10.7 Å². The number of rotatable bonds is 11. The van der Waals surface area contributed by atoms with Crippen LogP contribution in [-0.2, 0) is 28.6 Å². The number of benzene rings is 1. The number of anilines is 3. The van der Waals surface area contributed by atoms with Crippen LogP contribution in [0, 0.1) is 6.92 Å². The van der Waals surface area contributed by atoms with Crippen molar-refractivity contribution in [1.82, 2.24) is 39.5 Å². The number of carbonyl (C=O) groups is 1. The molecule has 1 amide bonds. The fraction of sp³-hybridized carbons (Fsp3) is 0.323. The number of hydrogen-bond acceptors (Lipinski definition) is 10. The number of amides is 1. The third-order valence-electron chi connectivity index (χ3n) is 8.07. The van der Waals surface area contributed by atoms with Gasteiger partial charge in [0.05, 0.1) is 17.3 Å². The lowest BCUT2D eigenvalue weighted by Gasteiger charge is -2.32. The third-order valence-corrected chi connectivity index (χ3v) is 9.40. The predicted molar refractivity (Wildman–Crippen MR) is 177 cm³/mol. The van der Waals surface area contributed by atoms with Crippen LogP contribution in [0.1, 0.15) is 33.6 Å². The zero-order chi connectivity index (χ0) is 32.3. The number of hydrogen-bond donors (Lipinski definition) is 3. The van der Waals surface area contributed by atoms with E-state index < -0.39 is 9.05 Å². The van der Waals surface area contributed by atoms with Crippen LogP contribution in [0.3, 0.4) is 0 Å². The summed E-state index contributed by atoms with van der Waals surface area (Å²) in [6.07, 6.45) is 7.97. The van der Waals surface area contributed by atoms with Crippen LogP contribution in [0.25, 0.3) is 11.0 Å². The van der Waals surface area contributed by atoms with Gasteiger partial charge in [0.25, 0.3) is 15.0 Å². The Morgan fingerprint density at radius 1 is 1.02 bits per heavy atom. The second-order valence-corrected chi connectivity index (χ2v) is 14.0. The van der Waals surface area contributed by atoms with Crippen molar-refractivity contribution in [3.05, 3.63) is 83.7 Å². The van der Waals surface area contributed by atoms with E-state index in [4.69, 9.17) is 10.7 Å². The van der Waals surface area contributed by atoms with Gasteiger partial charge in [-0.15, -0.1) is 0 Å². The molecule has 0 bridgehead atoms. The van der Waals surface area contributed by atoms with Crippen LogP contribution in [0.5, 0.6) is 0 Å². The zero-order valence-electron chi connectivity index (χ0n) is 25.6. The molecule has 13 nitrogen and oxygen atoms in total. The summed E-state index contributed by atoms with van der Waals surface area (Å²) in [7, 11) is 3.72. The van der Waals surface area contributed by atoms with Gasteiger partial charge < -0.3 is 20.1 Å². The van der Waals surface area contributed by atoms with Gasteiger partial charge in [0.15, 0.2) is 5.03 Å². The largest absolute Gasteiger partial charge is 0.336 e. The van der Waals surface area contributed by atoms with Crippen molar-refractivity contribution in [2.75, 3.05) is 43.9 Å². The first-order valence-corrected chi connectivity index (χ1v) is 17.3. The Morgan fingerprint density at radius 2 is 1.80 bits per heavy atom. The number of fused-ring (bicyclic) bond motifs is 1. The van der Waals surface area contributed by atoms with E-state index in [9.17, 15) is 13.2 Å². The highest BCUT2D eigenvalue weighted by atomic mass is 35.7.